The Bertz CT molecular complexity index is 1020. The number of carbonyl (C=O) groups is 1. The maximum absolute atomic E-state index is 13.1. The number of hydrogen-bond donors (Lipinski definition) is 0. The molecule has 1 saturated heterocycles. The molecule has 2 aromatic carbocycles. The van der Waals surface area contributed by atoms with Gasteiger partial charge in [-0.3, -0.25) is 9.69 Å². The van der Waals surface area contributed by atoms with E-state index < -0.39 is 0 Å². The molecule has 8 nitrogen and oxygen atoms in total. The fraction of sp³-hybridized carbons (Fsp3) is 0.318. The average molecular weight is 426 g/mol. The molecule has 31 heavy (non-hydrogen) atoms. The van der Waals surface area contributed by atoms with Gasteiger partial charge in [-0.2, -0.15) is 4.98 Å². The van der Waals surface area contributed by atoms with Crippen molar-refractivity contribution in [3.8, 4) is 23.0 Å². The van der Waals surface area contributed by atoms with Gasteiger partial charge in [0.2, 0.25) is 0 Å². The number of halogens is 1. The predicted octanol–water partition coefficient (Wildman–Crippen LogP) is 2.85. The highest BCUT2D eigenvalue weighted by atomic mass is 19.1. The Labute approximate surface area is 179 Å². The highest BCUT2D eigenvalue weighted by Gasteiger charge is 2.24. The van der Waals surface area contributed by atoms with E-state index in [0.29, 0.717) is 67.1 Å². The minimum absolute atomic E-state index is 0.0602. The van der Waals surface area contributed by atoms with Crippen molar-refractivity contribution in [2.75, 3.05) is 40.4 Å². The molecular weight excluding hydrogens is 403 g/mol. The number of nitrogens with zero attached hydrogens (tertiary/aromatic N) is 4. The van der Waals surface area contributed by atoms with Crippen LogP contribution < -0.4 is 9.47 Å². The maximum atomic E-state index is 13.1. The first-order valence-corrected chi connectivity index (χ1v) is 9.89. The van der Waals surface area contributed by atoms with Crippen LogP contribution in [0.5, 0.6) is 11.5 Å². The summed E-state index contributed by atoms with van der Waals surface area (Å²) in [6.45, 7) is 3.06. The van der Waals surface area contributed by atoms with Gasteiger partial charge in [0.15, 0.2) is 5.82 Å². The number of aromatic nitrogens is 2. The van der Waals surface area contributed by atoms with E-state index in [-0.39, 0.29) is 11.7 Å². The minimum Gasteiger partial charge on any atom is -0.497 e. The molecule has 0 aliphatic carbocycles. The van der Waals surface area contributed by atoms with Crippen LogP contribution in [0, 0.1) is 5.82 Å². The van der Waals surface area contributed by atoms with Crippen molar-refractivity contribution >= 4 is 5.91 Å². The normalized spacial score (nSPS) is 14.5. The number of hydrogen-bond acceptors (Lipinski definition) is 7. The van der Waals surface area contributed by atoms with E-state index in [9.17, 15) is 9.18 Å². The standard InChI is InChI=1S/C22H23FN4O4/c1-29-18-11-16(12-19(13-18)30-2)22(28)27-9-7-26(8-10-27)14-20-24-21(31-25-20)15-3-5-17(23)6-4-15/h3-6,11-13H,7-10,14H2,1-2H3. The van der Waals surface area contributed by atoms with E-state index in [2.05, 4.69) is 15.0 Å². The van der Waals surface area contributed by atoms with Crippen LogP contribution in [0.4, 0.5) is 4.39 Å². The highest BCUT2D eigenvalue weighted by molar-refractivity contribution is 5.95. The Kier molecular flexibility index (Phi) is 6.13. The van der Waals surface area contributed by atoms with Crippen molar-refractivity contribution in [3.05, 3.63) is 59.7 Å². The maximum Gasteiger partial charge on any atom is 0.257 e. The van der Waals surface area contributed by atoms with Gasteiger partial charge in [-0.1, -0.05) is 5.16 Å². The van der Waals surface area contributed by atoms with Crippen LogP contribution in [0.2, 0.25) is 0 Å². The number of benzene rings is 2. The zero-order valence-electron chi connectivity index (χ0n) is 17.4. The van der Waals surface area contributed by atoms with Gasteiger partial charge in [-0.25, -0.2) is 4.39 Å². The smallest absolute Gasteiger partial charge is 0.257 e. The van der Waals surface area contributed by atoms with Gasteiger partial charge < -0.3 is 18.9 Å². The van der Waals surface area contributed by atoms with Crippen LogP contribution in [0.3, 0.4) is 0 Å². The topological polar surface area (TPSA) is 80.9 Å². The van der Waals surface area contributed by atoms with Crippen molar-refractivity contribution in [1.82, 2.24) is 19.9 Å². The van der Waals surface area contributed by atoms with E-state index in [4.69, 9.17) is 14.0 Å². The number of rotatable bonds is 6. The van der Waals surface area contributed by atoms with Crippen LogP contribution in [-0.2, 0) is 6.54 Å². The van der Waals surface area contributed by atoms with Crippen LogP contribution in [-0.4, -0.2) is 66.2 Å². The number of ether oxygens (including phenoxy) is 2. The number of carbonyl (C=O) groups excluding carboxylic acids is 1. The molecule has 0 N–H and O–H groups in total. The second-order valence-electron chi connectivity index (χ2n) is 7.19. The summed E-state index contributed by atoms with van der Waals surface area (Å²) in [6, 6.07) is 11.1. The average Bonchev–Trinajstić information content (AvgIpc) is 3.27. The number of piperazine rings is 1. The summed E-state index contributed by atoms with van der Waals surface area (Å²) < 4.78 is 28.9. The molecule has 0 saturated carbocycles. The lowest BCUT2D eigenvalue weighted by Crippen LogP contribution is -2.48. The molecule has 2 heterocycles. The largest absolute Gasteiger partial charge is 0.497 e. The third kappa shape index (κ3) is 4.83. The van der Waals surface area contributed by atoms with Crippen LogP contribution >= 0.6 is 0 Å². The van der Waals surface area contributed by atoms with Crippen LogP contribution in [0.1, 0.15) is 16.2 Å². The first-order chi connectivity index (χ1) is 15.1. The Balaban J connectivity index is 1.35. The Morgan fingerprint density at radius 2 is 1.68 bits per heavy atom. The molecule has 1 aliphatic heterocycles. The van der Waals surface area contributed by atoms with Crippen molar-refractivity contribution in [3.63, 3.8) is 0 Å². The van der Waals surface area contributed by atoms with Crippen molar-refractivity contribution in [2.24, 2.45) is 0 Å². The molecule has 3 aromatic rings. The van der Waals surface area contributed by atoms with Gasteiger partial charge in [0.05, 0.1) is 20.8 Å². The Hall–Kier alpha value is -3.46. The van der Waals surface area contributed by atoms with E-state index >= 15 is 0 Å². The van der Waals surface area contributed by atoms with Crippen LogP contribution in [0.15, 0.2) is 47.0 Å². The second-order valence-corrected chi connectivity index (χ2v) is 7.19. The zero-order chi connectivity index (χ0) is 21.8. The summed E-state index contributed by atoms with van der Waals surface area (Å²) in [6.07, 6.45) is 0. The van der Waals surface area contributed by atoms with Crippen LogP contribution in [0.25, 0.3) is 11.5 Å². The second kappa shape index (κ2) is 9.13. The minimum atomic E-state index is -0.316. The molecule has 0 unspecified atom stereocenters. The fourth-order valence-electron chi connectivity index (χ4n) is 3.45. The van der Waals surface area contributed by atoms with Crippen molar-refractivity contribution in [1.29, 1.82) is 0 Å². The monoisotopic (exact) mass is 426 g/mol. The predicted molar refractivity (Wildman–Crippen MR) is 110 cm³/mol. The van der Waals surface area contributed by atoms with Crippen molar-refractivity contribution < 1.29 is 23.2 Å². The molecule has 1 fully saturated rings. The summed E-state index contributed by atoms with van der Waals surface area (Å²) in [4.78, 5) is 21.3. The third-order valence-electron chi connectivity index (χ3n) is 5.18. The molecule has 0 radical (unpaired) electrons. The van der Waals surface area contributed by atoms with Gasteiger partial charge in [-0.15, -0.1) is 0 Å². The molecule has 1 aliphatic rings. The summed E-state index contributed by atoms with van der Waals surface area (Å²) in [5.74, 6) is 1.69. The van der Waals surface area contributed by atoms with E-state index in [1.165, 1.54) is 12.1 Å². The summed E-state index contributed by atoms with van der Waals surface area (Å²) in [5.41, 5.74) is 1.20. The molecule has 1 aromatic heterocycles. The lowest BCUT2D eigenvalue weighted by atomic mass is 10.1. The lowest BCUT2D eigenvalue weighted by Gasteiger charge is -2.34. The van der Waals surface area contributed by atoms with E-state index in [1.807, 2.05) is 4.90 Å². The third-order valence-corrected chi connectivity index (χ3v) is 5.18. The molecule has 0 bridgehead atoms. The molecule has 1 amide bonds. The van der Waals surface area contributed by atoms with E-state index in [1.54, 1.807) is 44.6 Å². The summed E-state index contributed by atoms with van der Waals surface area (Å²) in [5, 5.41) is 4.02. The Morgan fingerprint density at radius 3 is 2.29 bits per heavy atom. The molecule has 9 heteroatoms. The molecule has 162 valence electrons. The van der Waals surface area contributed by atoms with Gasteiger partial charge in [-0.05, 0) is 36.4 Å². The molecule has 0 atom stereocenters. The van der Waals surface area contributed by atoms with Gasteiger partial charge >= 0.3 is 0 Å². The molecule has 0 spiro atoms. The first kappa shape index (κ1) is 20.8. The number of amides is 1. The number of methoxy groups -OCH3 is 2. The quantitative estimate of drug-likeness (QED) is 0.600. The SMILES string of the molecule is COc1cc(OC)cc(C(=O)N2CCN(Cc3noc(-c4ccc(F)cc4)n3)CC2)c1. The summed E-state index contributed by atoms with van der Waals surface area (Å²) in [7, 11) is 3.11. The lowest BCUT2D eigenvalue weighted by molar-refractivity contribution is 0.0623. The molecular formula is C22H23FN4O4. The summed E-state index contributed by atoms with van der Waals surface area (Å²) >= 11 is 0. The first-order valence-electron chi connectivity index (χ1n) is 9.89. The van der Waals surface area contributed by atoms with Crippen molar-refractivity contribution in [2.45, 2.75) is 6.54 Å². The fourth-order valence-corrected chi connectivity index (χ4v) is 3.45. The molecule has 4 rings (SSSR count). The zero-order valence-corrected chi connectivity index (χ0v) is 17.4. The van der Waals surface area contributed by atoms with Gasteiger partial charge in [0.25, 0.3) is 11.8 Å². The highest BCUT2D eigenvalue weighted by Crippen LogP contribution is 2.24. The Morgan fingerprint density at radius 1 is 1.03 bits per heavy atom. The van der Waals surface area contributed by atoms with Gasteiger partial charge in [0, 0.05) is 43.4 Å². The van der Waals surface area contributed by atoms with Gasteiger partial charge in [0.1, 0.15) is 17.3 Å². The van der Waals surface area contributed by atoms with E-state index in [0.717, 1.165) is 0 Å².